The van der Waals surface area contributed by atoms with Crippen LogP contribution in [-0.4, -0.2) is 34.7 Å². The Morgan fingerprint density at radius 3 is 2.39 bits per heavy atom. The molecule has 0 aromatic heterocycles. The molecule has 2 fully saturated rings. The number of rotatable bonds is 7. The molecule has 3 rings (SSSR count). The molecule has 2 aliphatic rings. The zero-order chi connectivity index (χ0) is 20.3. The maximum Gasteiger partial charge on any atom is 0.325 e. The minimum atomic E-state index is -0.661. The molecule has 28 heavy (non-hydrogen) atoms. The summed E-state index contributed by atoms with van der Waals surface area (Å²) in [7, 11) is 0. The third kappa shape index (κ3) is 4.75. The number of nitrogens with one attached hydrogen (secondary N) is 1. The van der Waals surface area contributed by atoms with Crippen LogP contribution in [0.4, 0.5) is 4.79 Å². The molecule has 1 aliphatic carbocycles. The van der Waals surface area contributed by atoms with E-state index in [9.17, 15) is 14.4 Å². The van der Waals surface area contributed by atoms with Crippen molar-refractivity contribution in [2.24, 2.45) is 11.8 Å². The Morgan fingerprint density at radius 1 is 1.14 bits per heavy atom. The standard InChI is InChI=1S/C22H29ClN2O3/c1-14(2)20(26)19(13-15-6-4-3-5-7-15)25-21(27)18(24-22(25)28)12-16-8-10-17(23)11-9-16/h8-11,14-15,18-19H,3-7,12-13H2,1-2H3,(H,24,28)/t18-,19-/m0/s1. The summed E-state index contributed by atoms with van der Waals surface area (Å²) in [5.41, 5.74) is 0.920. The summed E-state index contributed by atoms with van der Waals surface area (Å²) in [5.74, 6) is -0.141. The van der Waals surface area contributed by atoms with E-state index in [4.69, 9.17) is 11.6 Å². The Balaban J connectivity index is 1.76. The third-order valence-corrected chi connectivity index (χ3v) is 6.15. The number of hydrogen-bond donors (Lipinski definition) is 1. The van der Waals surface area contributed by atoms with Crippen molar-refractivity contribution in [2.45, 2.75) is 70.9 Å². The lowest BCUT2D eigenvalue weighted by atomic mass is 9.82. The summed E-state index contributed by atoms with van der Waals surface area (Å²) in [6.07, 6.45) is 6.67. The van der Waals surface area contributed by atoms with Gasteiger partial charge in [-0.2, -0.15) is 0 Å². The zero-order valence-electron chi connectivity index (χ0n) is 16.6. The van der Waals surface area contributed by atoms with Gasteiger partial charge in [0.1, 0.15) is 12.1 Å². The van der Waals surface area contributed by atoms with Gasteiger partial charge in [-0.05, 0) is 30.0 Å². The van der Waals surface area contributed by atoms with E-state index in [1.165, 1.54) is 11.3 Å². The van der Waals surface area contributed by atoms with Crippen LogP contribution in [-0.2, 0) is 16.0 Å². The van der Waals surface area contributed by atoms with Gasteiger partial charge < -0.3 is 5.32 Å². The summed E-state index contributed by atoms with van der Waals surface area (Å²) in [4.78, 5) is 39.8. The molecule has 0 unspecified atom stereocenters. The highest BCUT2D eigenvalue weighted by molar-refractivity contribution is 6.30. The number of carbonyl (C=O) groups excluding carboxylic acids is 3. The van der Waals surface area contributed by atoms with Gasteiger partial charge in [0.25, 0.3) is 5.91 Å². The predicted octanol–water partition coefficient (Wildman–Crippen LogP) is 4.37. The van der Waals surface area contributed by atoms with Gasteiger partial charge in [0.15, 0.2) is 5.78 Å². The monoisotopic (exact) mass is 404 g/mol. The maximum atomic E-state index is 13.1. The molecule has 1 saturated carbocycles. The second kappa shape index (κ2) is 9.08. The van der Waals surface area contributed by atoms with E-state index in [-0.39, 0.29) is 17.6 Å². The molecule has 6 heteroatoms. The molecule has 1 N–H and O–H groups in total. The van der Waals surface area contributed by atoms with Crippen LogP contribution in [0.15, 0.2) is 24.3 Å². The number of ketones is 1. The summed E-state index contributed by atoms with van der Waals surface area (Å²) >= 11 is 5.92. The van der Waals surface area contributed by atoms with Crippen molar-refractivity contribution in [1.29, 1.82) is 0 Å². The van der Waals surface area contributed by atoms with E-state index < -0.39 is 18.1 Å². The predicted molar refractivity (Wildman–Crippen MR) is 109 cm³/mol. The molecule has 1 aromatic rings. The van der Waals surface area contributed by atoms with Crippen molar-refractivity contribution < 1.29 is 14.4 Å². The fourth-order valence-corrected chi connectivity index (χ4v) is 4.44. The SMILES string of the molecule is CC(C)C(=O)[C@H](CC1CCCCC1)N1C(=O)N[C@@H](Cc2ccc(Cl)cc2)C1=O. The second-order valence-electron chi connectivity index (χ2n) is 8.35. The fourth-order valence-electron chi connectivity index (χ4n) is 4.31. The molecule has 0 bridgehead atoms. The maximum absolute atomic E-state index is 13.1. The average Bonchev–Trinajstić information content (AvgIpc) is 2.95. The smallest absolute Gasteiger partial charge is 0.325 e. The van der Waals surface area contributed by atoms with Gasteiger partial charge in [-0.3, -0.25) is 14.5 Å². The van der Waals surface area contributed by atoms with E-state index in [1.54, 1.807) is 12.1 Å². The molecule has 2 atom stereocenters. The minimum Gasteiger partial charge on any atom is -0.325 e. The normalized spacial score (nSPS) is 21.9. The van der Waals surface area contributed by atoms with Gasteiger partial charge >= 0.3 is 6.03 Å². The fraction of sp³-hybridized carbons (Fsp3) is 0.591. The van der Waals surface area contributed by atoms with E-state index in [0.29, 0.717) is 23.8 Å². The largest absolute Gasteiger partial charge is 0.325 e. The number of imide groups is 1. The number of Topliss-reactive ketones (excluding diaryl/α,β-unsaturated/α-hetero) is 1. The highest BCUT2D eigenvalue weighted by Crippen LogP contribution is 2.31. The van der Waals surface area contributed by atoms with E-state index >= 15 is 0 Å². The summed E-state index contributed by atoms with van der Waals surface area (Å²) in [6, 6.07) is 5.49. The number of urea groups is 1. The molecule has 1 aliphatic heterocycles. The molecule has 3 amide bonds. The Kier molecular flexibility index (Phi) is 6.76. The summed E-state index contributed by atoms with van der Waals surface area (Å²) < 4.78 is 0. The van der Waals surface area contributed by atoms with Crippen LogP contribution < -0.4 is 5.32 Å². The van der Waals surface area contributed by atoms with Gasteiger partial charge in [0, 0.05) is 17.4 Å². The van der Waals surface area contributed by atoms with Crippen LogP contribution in [0.2, 0.25) is 5.02 Å². The van der Waals surface area contributed by atoms with Crippen molar-refractivity contribution >= 4 is 29.3 Å². The van der Waals surface area contributed by atoms with Crippen LogP contribution >= 0.6 is 11.6 Å². The van der Waals surface area contributed by atoms with E-state index in [1.807, 2.05) is 26.0 Å². The zero-order valence-corrected chi connectivity index (χ0v) is 17.4. The lowest BCUT2D eigenvalue weighted by Crippen LogP contribution is -2.48. The lowest BCUT2D eigenvalue weighted by molar-refractivity contribution is -0.137. The lowest BCUT2D eigenvalue weighted by Gasteiger charge is -2.31. The summed E-state index contributed by atoms with van der Waals surface area (Å²) in [6.45, 7) is 3.67. The van der Waals surface area contributed by atoms with Crippen molar-refractivity contribution in [1.82, 2.24) is 10.2 Å². The van der Waals surface area contributed by atoms with Crippen LogP contribution in [0, 0.1) is 11.8 Å². The topological polar surface area (TPSA) is 66.5 Å². The van der Waals surface area contributed by atoms with Crippen molar-refractivity contribution in [3.05, 3.63) is 34.9 Å². The average molecular weight is 405 g/mol. The first kappa shape index (κ1) is 20.8. The first-order valence-corrected chi connectivity index (χ1v) is 10.7. The first-order valence-electron chi connectivity index (χ1n) is 10.3. The third-order valence-electron chi connectivity index (χ3n) is 5.90. The first-order chi connectivity index (χ1) is 13.4. The number of nitrogens with zero attached hydrogens (tertiary/aromatic N) is 1. The van der Waals surface area contributed by atoms with E-state index in [0.717, 1.165) is 31.2 Å². The number of benzene rings is 1. The van der Waals surface area contributed by atoms with Gasteiger partial charge in [0.2, 0.25) is 0 Å². The molecular weight excluding hydrogens is 376 g/mol. The Morgan fingerprint density at radius 2 is 1.79 bits per heavy atom. The Hall–Kier alpha value is -1.88. The van der Waals surface area contributed by atoms with Crippen LogP contribution in [0.3, 0.4) is 0 Å². The van der Waals surface area contributed by atoms with Gasteiger partial charge in [-0.25, -0.2) is 4.79 Å². The number of hydrogen-bond acceptors (Lipinski definition) is 3. The molecule has 1 aromatic carbocycles. The molecule has 5 nitrogen and oxygen atoms in total. The molecular formula is C22H29ClN2O3. The van der Waals surface area contributed by atoms with Crippen LogP contribution in [0.1, 0.15) is 57.9 Å². The number of halogens is 1. The van der Waals surface area contributed by atoms with Gasteiger partial charge in [-0.15, -0.1) is 0 Å². The molecule has 1 saturated heterocycles. The van der Waals surface area contributed by atoms with Crippen LogP contribution in [0.25, 0.3) is 0 Å². The van der Waals surface area contributed by atoms with Crippen molar-refractivity contribution in [2.75, 3.05) is 0 Å². The summed E-state index contributed by atoms with van der Waals surface area (Å²) in [5, 5.41) is 3.41. The quantitative estimate of drug-likeness (QED) is 0.686. The second-order valence-corrected chi connectivity index (χ2v) is 8.79. The van der Waals surface area contributed by atoms with E-state index in [2.05, 4.69) is 5.32 Å². The van der Waals surface area contributed by atoms with Crippen molar-refractivity contribution in [3.63, 3.8) is 0 Å². The highest BCUT2D eigenvalue weighted by atomic mass is 35.5. The molecule has 0 radical (unpaired) electrons. The van der Waals surface area contributed by atoms with Crippen LogP contribution in [0.5, 0.6) is 0 Å². The Bertz CT molecular complexity index is 726. The molecule has 0 spiro atoms. The number of amides is 3. The molecule has 1 heterocycles. The minimum absolute atomic E-state index is 0.0267. The highest BCUT2D eigenvalue weighted by Gasteiger charge is 2.45. The van der Waals surface area contributed by atoms with Crippen molar-refractivity contribution in [3.8, 4) is 0 Å². The van der Waals surface area contributed by atoms with Gasteiger partial charge in [-0.1, -0.05) is 69.7 Å². The number of carbonyl (C=O) groups is 3. The Labute approximate surface area is 171 Å². The molecule has 152 valence electrons. The van der Waals surface area contributed by atoms with Gasteiger partial charge in [0.05, 0.1) is 0 Å².